The quantitative estimate of drug-likeness (QED) is 0.560. The first-order valence-corrected chi connectivity index (χ1v) is 3.61. The molecule has 1 rings (SSSR count). The molecule has 1 aliphatic heterocycles. The van der Waals surface area contributed by atoms with Gasteiger partial charge >= 0.3 is 0 Å². The summed E-state index contributed by atoms with van der Waals surface area (Å²) in [6, 6.07) is 0.227. The third-order valence-electron chi connectivity index (χ3n) is 1.83. The van der Waals surface area contributed by atoms with Crippen LogP contribution in [0.4, 0.5) is 0 Å². The van der Waals surface area contributed by atoms with Crippen LogP contribution in [0.25, 0.3) is 0 Å². The zero-order valence-corrected chi connectivity index (χ0v) is 6.37. The van der Waals surface area contributed by atoms with Crippen molar-refractivity contribution >= 4 is 5.91 Å². The molecule has 1 saturated heterocycles. The van der Waals surface area contributed by atoms with Crippen molar-refractivity contribution in [1.29, 1.82) is 0 Å². The maximum atomic E-state index is 11.0. The molecule has 0 saturated carbocycles. The molecule has 0 radical (unpaired) electrons. The first-order chi connectivity index (χ1) is 4.63. The summed E-state index contributed by atoms with van der Waals surface area (Å²) in [6.45, 7) is 4.61. The van der Waals surface area contributed by atoms with E-state index in [2.05, 4.69) is 0 Å². The largest absolute Gasteiger partial charge is 0.383 e. The van der Waals surface area contributed by atoms with E-state index in [1.165, 1.54) is 0 Å². The first-order valence-electron chi connectivity index (χ1n) is 3.61. The predicted molar refractivity (Wildman–Crippen MR) is 37.5 cm³/mol. The summed E-state index contributed by atoms with van der Waals surface area (Å²) in [5.74, 6) is -0.116. The van der Waals surface area contributed by atoms with Crippen LogP contribution in [-0.2, 0) is 4.79 Å². The van der Waals surface area contributed by atoms with E-state index in [0.29, 0.717) is 13.0 Å². The van der Waals surface area contributed by atoms with Gasteiger partial charge in [-0.25, -0.2) is 0 Å². The normalized spacial score (nSPS) is 26.6. The van der Waals surface area contributed by atoms with Gasteiger partial charge < -0.3 is 10.0 Å². The van der Waals surface area contributed by atoms with Crippen LogP contribution < -0.4 is 0 Å². The van der Waals surface area contributed by atoms with Crippen molar-refractivity contribution in [2.45, 2.75) is 32.4 Å². The molecule has 1 atom stereocenters. The molecular weight excluding hydrogens is 130 g/mol. The summed E-state index contributed by atoms with van der Waals surface area (Å²) in [7, 11) is 0. The van der Waals surface area contributed by atoms with Gasteiger partial charge in [0.2, 0.25) is 0 Å². The first kappa shape index (κ1) is 7.54. The maximum absolute atomic E-state index is 11.0. The molecule has 1 aliphatic rings. The van der Waals surface area contributed by atoms with Crippen LogP contribution in [-0.4, -0.2) is 34.6 Å². The van der Waals surface area contributed by atoms with Crippen molar-refractivity contribution in [2.24, 2.45) is 0 Å². The average molecular weight is 143 g/mol. The maximum Gasteiger partial charge on any atom is 0.251 e. The van der Waals surface area contributed by atoms with Crippen LogP contribution >= 0.6 is 0 Å². The molecule has 0 spiro atoms. The zero-order chi connectivity index (χ0) is 7.72. The fourth-order valence-electron chi connectivity index (χ4n) is 1.20. The molecule has 1 amide bonds. The Morgan fingerprint density at radius 1 is 1.70 bits per heavy atom. The number of aliphatic hydroxyl groups is 1. The van der Waals surface area contributed by atoms with Gasteiger partial charge in [-0.15, -0.1) is 0 Å². The average Bonchev–Trinajstić information content (AvgIpc) is 2.14. The summed E-state index contributed by atoms with van der Waals surface area (Å²) >= 11 is 0. The molecule has 10 heavy (non-hydrogen) atoms. The molecule has 3 nitrogen and oxygen atoms in total. The van der Waals surface area contributed by atoms with Crippen molar-refractivity contribution in [2.75, 3.05) is 6.54 Å². The van der Waals surface area contributed by atoms with E-state index in [9.17, 15) is 4.79 Å². The minimum Gasteiger partial charge on any atom is -0.383 e. The Hall–Kier alpha value is -0.570. The van der Waals surface area contributed by atoms with Crippen LogP contribution in [0.2, 0.25) is 0 Å². The number of carbonyl (C=O) groups excluding carboxylic acids is 1. The SMILES string of the molecule is CC(C)N1CC[C@H](O)C1=O. The minimum absolute atomic E-state index is 0.116. The number of rotatable bonds is 1. The van der Waals surface area contributed by atoms with Crippen molar-refractivity contribution in [3.05, 3.63) is 0 Å². The molecule has 0 aliphatic carbocycles. The molecule has 1 heterocycles. The van der Waals surface area contributed by atoms with Gasteiger partial charge in [0.1, 0.15) is 6.10 Å². The monoisotopic (exact) mass is 143 g/mol. The van der Waals surface area contributed by atoms with Crippen molar-refractivity contribution < 1.29 is 9.90 Å². The smallest absolute Gasteiger partial charge is 0.251 e. The van der Waals surface area contributed by atoms with E-state index >= 15 is 0 Å². The topological polar surface area (TPSA) is 40.5 Å². The second-order valence-electron chi connectivity index (χ2n) is 2.93. The Labute approximate surface area is 60.6 Å². The number of aliphatic hydroxyl groups excluding tert-OH is 1. The van der Waals surface area contributed by atoms with Gasteiger partial charge in [-0.3, -0.25) is 4.79 Å². The number of likely N-dealkylation sites (tertiary alicyclic amines) is 1. The molecule has 1 fully saturated rings. The number of hydrogen-bond donors (Lipinski definition) is 1. The summed E-state index contributed by atoms with van der Waals surface area (Å²) in [6.07, 6.45) is -0.140. The number of carbonyl (C=O) groups is 1. The second kappa shape index (κ2) is 2.58. The van der Waals surface area contributed by atoms with Gasteiger partial charge in [-0.05, 0) is 20.3 Å². The van der Waals surface area contributed by atoms with Crippen molar-refractivity contribution in [3.63, 3.8) is 0 Å². The lowest BCUT2D eigenvalue weighted by Gasteiger charge is -2.19. The molecule has 1 N–H and O–H groups in total. The summed E-state index contributed by atoms with van der Waals surface area (Å²) in [4.78, 5) is 12.7. The standard InChI is InChI=1S/C7H13NO2/c1-5(2)8-4-3-6(9)7(8)10/h5-6,9H,3-4H2,1-2H3/t6-/m0/s1. The Balaban J connectivity index is 2.57. The minimum atomic E-state index is -0.734. The Morgan fingerprint density at radius 3 is 2.50 bits per heavy atom. The van der Waals surface area contributed by atoms with Gasteiger partial charge in [0.15, 0.2) is 0 Å². The van der Waals surface area contributed by atoms with Crippen LogP contribution in [0.5, 0.6) is 0 Å². The Morgan fingerprint density at radius 2 is 2.30 bits per heavy atom. The number of hydrogen-bond acceptors (Lipinski definition) is 2. The number of nitrogens with zero attached hydrogens (tertiary/aromatic N) is 1. The number of amides is 1. The van der Waals surface area contributed by atoms with Gasteiger partial charge in [-0.1, -0.05) is 0 Å². The molecule has 0 bridgehead atoms. The summed E-state index contributed by atoms with van der Waals surface area (Å²) < 4.78 is 0. The van der Waals surface area contributed by atoms with E-state index in [0.717, 1.165) is 0 Å². The highest BCUT2D eigenvalue weighted by molar-refractivity contribution is 5.82. The highest BCUT2D eigenvalue weighted by Gasteiger charge is 2.30. The molecule has 0 unspecified atom stereocenters. The fraction of sp³-hybridized carbons (Fsp3) is 0.857. The van der Waals surface area contributed by atoms with Gasteiger partial charge in [-0.2, -0.15) is 0 Å². The summed E-state index contributed by atoms with van der Waals surface area (Å²) in [5, 5.41) is 9.03. The molecule has 3 heteroatoms. The Kier molecular flexibility index (Phi) is 1.94. The molecular formula is C7H13NO2. The van der Waals surface area contributed by atoms with E-state index in [1.54, 1.807) is 4.90 Å². The fourth-order valence-corrected chi connectivity index (χ4v) is 1.20. The zero-order valence-electron chi connectivity index (χ0n) is 6.37. The Bertz CT molecular complexity index is 145. The third kappa shape index (κ3) is 1.14. The van der Waals surface area contributed by atoms with Gasteiger partial charge in [0.25, 0.3) is 5.91 Å². The van der Waals surface area contributed by atoms with Gasteiger partial charge in [0.05, 0.1) is 0 Å². The molecule has 0 aromatic carbocycles. The van der Waals surface area contributed by atoms with E-state index < -0.39 is 6.10 Å². The lowest BCUT2D eigenvalue weighted by atomic mass is 10.3. The third-order valence-corrected chi connectivity index (χ3v) is 1.83. The van der Waals surface area contributed by atoms with Crippen molar-refractivity contribution in [3.8, 4) is 0 Å². The van der Waals surface area contributed by atoms with Crippen molar-refractivity contribution in [1.82, 2.24) is 4.90 Å². The summed E-state index contributed by atoms with van der Waals surface area (Å²) in [5.41, 5.74) is 0. The molecule has 0 aromatic rings. The molecule has 58 valence electrons. The lowest BCUT2D eigenvalue weighted by Crippen LogP contribution is -2.34. The van der Waals surface area contributed by atoms with Crippen LogP contribution in [0.1, 0.15) is 20.3 Å². The van der Waals surface area contributed by atoms with Crippen LogP contribution in [0.3, 0.4) is 0 Å². The highest BCUT2D eigenvalue weighted by atomic mass is 16.3. The second-order valence-corrected chi connectivity index (χ2v) is 2.93. The van der Waals surface area contributed by atoms with Crippen LogP contribution in [0.15, 0.2) is 0 Å². The lowest BCUT2D eigenvalue weighted by molar-refractivity contribution is -0.135. The van der Waals surface area contributed by atoms with E-state index in [4.69, 9.17) is 5.11 Å². The highest BCUT2D eigenvalue weighted by Crippen LogP contribution is 2.13. The predicted octanol–water partition coefficient (Wildman–Crippen LogP) is -0.0120. The molecule has 0 aromatic heterocycles. The van der Waals surface area contributed by atoms with E-state index in [1.807, 2.05) is 13.8 Å². The van der Waals surface area contributed by atoms with Gasteiger partial charge in [0, 0.05) is 12.6 Å². The van der Waals surface area contributed by atoms with Crippen LogP contribution in [0, 0.1) is 0 Å². The van der Waals surface area contributed by atoms with E-state index in [-0.39, 0.29) is 11.9 Å².